The number of nitrogens with one attached hydrogen (secondary N) is 1. The van der Waals surface area contributed by atoms with Gasteiger partial charge in [-0.1, -0.05) is 0 Å². The first-order valence-corrected chi connectivity index (χ1v) is 5.56. The number of aromatic hydroxyl groups is 1. The first-order valence-electron chi connectivity index (χ1n) is 5.56. The molecule has 2 aromatic heterocycles. The number of aromatic nitrogens is 1. The van der Waals surface area contributed by atoms with Crippen LogP contribution in [0.1, 0.15) is 17.0 Å². The highest BCUT2D eigenvalue weighted by atomic mass is 16.3. The van der Waals surface area contributed by atoms with Crippen molar-refractivity contribution in [2.75, 3.05) is 0 Å². The molecule has 0 aliphatic rings. The molecule has 2 heterocycles. The summed E-state index contributed by atoms with van der Waals surface area (Å²) in [6, 6.07) is 9.34. The summed E-state index contributed by atoms with van der Waals surface area (Å²) >= 11 is 0. The zero-order valence-electron chi connectivity index (χ0n) is 9.53. The minimum atomic E-state index is 0.231. The third-order valence-corrected chi connectivity index (χ3v) is 2.91. The molecule has 0 saturated carbocycles. The van der Waals surface area contributed by atoms with E-state index in [4.69, 9.17) is 4.42 Å². The van der Waals surface area contributed by atoms with Gasteiger partial charge in [-0.15, -0.1) is 0 Å². The Morgan fingerprint density at radius 2 is 2.12 bits per heavy atom. The average molecular weight is 227 g/mol. The van der Waals surface area contributed by atoms with Gasteiger partial charge in [-0.3, -0.25) is 0 Å². The van der Waals surface area contributed by atoms with Crippen molar-refractivity contribution in [3.05, 3.63) is 53.5 Å². The zero-order chi connectivity index (χ0) is 11.8. The smallest absolute Gasteiger partial charge is 0.137 e. The van der Waals surface area contributed by atoms with E-state index in [0.29, 0.717) is 0 Å². The van der Waals surface area contributed by atoms with Gasteiger partial charge in [0.05, 0.1) is 6.26 Å². The highest BCUT2D eigenvalue weighted by Gasteiger charge is 2.07. The Morgan fingerprint density at radius 3 is 2.88 bits per heavy atom. The lowest BCUT2D eigenvalue weighted by Gasteiger charge is -1.96. The number of fused-ring (bicyclic) bond motifs is 1. The van der Waals surface area contributed by atoms with E-state index < -0.39 is 0 Å². The molecule has 0 radical (unpaired) electrons. The molecule has 0 bridgehead atoms. The van der Waals surface area contributed by atoms with Crippen LogP contribution in [-0.4, -0.2) is 10.1 Å². The Labute approximate surface area is 98.7 Å². The summed E-state index contributed by atoms with van der Waals surface area (Å²) in [6.07, 6.45) is 2.56. The van der Waals surface area contributed by atoms with Crippen molar-refractivity contribution in [2.45, 2.75) is 13.3 Å². The summed E-state index contributed by atoms with van der Waals surface area (Å²) in [6.45, 7) is 2.04. The number of aromatic amines is 1. The van der Waals surface area contributed by atoms with E-state index in [9.17, 15) is 5.11 Å². The molecule has 3 aromatic rings. The van der Waals surface area contributed by atoms with E-state index in [2.05, 4.69) is 17.1 Å². The third kappa shape index (κ3) is 1.80. The Morgan fingerprint density at radius 1 is 1.24 bits per heavy atom. The molecular weight excluding hydrogens is 214 g/mol. The van der Waals surface area contributed by atoms with Crippen LogP contribution in [-0.2, 0) is 6.42 Å². The minimum absolute atomic E-state index is 0.231. The number of hydrogen-bond donors (Lipinski definition) is 2. The number of H-pyrrole nitrogens is 1. The van der Waals surface area contributed by atoms with Gasteiger partial charge in [0, 0.05) is 34.8 Å². The lowest BCUT2D eigenvalue weighted by Crippen LogP contribution is -1.86. The Bertz CT molecular complexity index is 664. The largest absolute Gasteiger partial charge is 0.508 e. The number of benzene rings is 1. The highest BCUT2D eigenvalue weighted by Crippen LogP contribution is 2.26. The molecule has 0 amide bonds. The van der Waals surface area contributed by atoms with Crippen molar-refractivity contribution >= 4 is 11.0 Å². The second kappa shape index (κ2) is 3.70. The van der Waals surface area contributed by atoms with Crippen LogP contribution in [0.3, 0.4) is 0 Å². The quantitative estimate of drug-likeness (QED) is 0.705. The van der Waals surface area contributed by atoms with E-state index in [-0.39, 0.29) is 5.75 Å². The van der Waals surface area contributed by atoms with Gasteiger partial charge in [-0.25, -0.2) is 0 Å². The van der Waals surface area contributed by atoms with E-state index >= 15 is 0 Å². The van der Waals surface area contributed by atoms with E-state index in [1.54, 1.807) is 18.4 Å². The van der Waals surface area contributed by atoms with Crippen LogP contribution in [0.5, 0.6) is 5.75 Å². The summed E-state index contributed by atoms with van der Waals surface area (Å²) in [5, 5.41) is 10.4. The lowest BCUT2D eigenvalue weighted by atomic mass is 10.1. The Kier molecular flexibility index (Phi) is 2.18. The van der Waals surface area contributed by atoms with Gasteiger partial charge in [0.25, 0.3) is 0 Å². The van der Waals surface area contributed by atoms with Gasteiger partial charge in [0.2, 0.25) is 0 Å². The van der Waals surface area contributed by atoms with Gasteiger partial charge in [-0.2, -0.15) is 0 Å². The molecule has 0 spiro atoms. The zero-order valence-corrected chi connectivity index (χ0v) is 9.53. The molecule has 0 fully saturated rings. The van der Waals surface area contributed by atoms with Crippen LogP contribution in [0.2, 0.25) is 0 Å². The number of aryl methyl sites for hydroxylation is 1. The fourth-order valence-corrected chi connectivity index (χ4v) is 2.08. The fraction of sp³-hybridized carbons (Fsp3) is 0.143. The first-order chi connectivity index (χ1) is 8.22. The van der Waals surface area contributed by atoms with Gasteiger partial charge in [0.1, 0.15) is 11.3 Å². The van der Waals surface area contributed by atoms with Crippen LogP contribution in [0.4, 0.5) is 0 Å². The molecule has 1 aromatic carbocycles. The van der Waals surface area contributed by atoms with Crippen molar-refractivity contribution < 1.29 is 9.52 Å². The van der Waals surface area contributed by atoms with E-state index in [1.165, 1.54) is 5.69 Å². The number of rotatable bonds is 2. The molecule has 0 aliphatic heterocycles. The number of phenolic OH excluding ortho intramolecular Hbond substituents is 1. The van der Waals surface area contributed by atoms with Crippen LogP contribution in [0.25, 0.3) is 11.0 Å². The molecule has 86 valence electrons. The third-order valence-electron chi connectivity index (χ3n) is 2.91. The van der Waals surface area contributed by atoms with Crippen molar-refractivity contribution in [3.8, 4) is 5.75 Å². The van der Waals surface area contributed by atoms with Crippen molar-refractivity contribution in [1.82, 2.24) is 4.98 Å². The van der Waals surface area contributed by atoms with Crippen LogP contribution in [0, 0.1) is 6.92 Å². The summed E-state index contributed by atoms with van der Waals surface area (Å²) < 4.78 is 5.43. The Hall–Kier alpha value is -2.16. The summed E-state index contributed by atoms with van der Waals surface area (Å²) in [4.78, 5) is 3.30. The Balaban J connectivity index is 2.00. The molecular formula is C14H13NO2. The SMILES string of the molecule is Cc1ccc(Cc2coc3cc(O)ccc23)[nH]1. The number of phenols is 1. The van der Waals surface area contributed by atoms with Crippen molar-refractivity contribution in [3.63, 3.8) is 0 Å². The van der Waals surface area contributed by atoms with Crippen LogP contribution < -0.4 is 0 Å². The van der Waals surface area contributed by atoms with Gasteiger partial charge in [0.15, 0.2) is 0 Å². The monoisotopic (exact) mass is 227 g/mol. The average Bonchev–Trinajstić information content (AvgIpc) is 2.86. The second-order valence-corrected chi connectivity index (χ2v) is 4.28. The summed E-state index contributed by atoms with van der Waals surface area (Å²) in [5.41, 5.74) is 4.17. The molecule has 3 nitrogen and oxygen atoms in total. The van der Waals surface area contributed by atoms with Crippen LogP contribution in [0.15, 0.2) is 41.0 Å². The molecule has 0 saturated heterocycles. The predicted molar refractivity (Wildman–Crippen MR) is 66.2 cm³/mol. The molecule has 0 aliphatic carbocycles. The molecule has 2 N–H and O–H groups in total. The highest BCUT2D eigenvalue weighted by molar-refractivity contribution is 5.82. The van der Waals surface area contributed by atoms with E-state index in [0.717, 1.165) is 28.6 Å². The maximum absolute atomic E-state index is 9.37. The van der Waals surface area contributed by atoms with Gasteiger partial charge >= 0.3 is 0 Å². The number of furan rings is 1. The maximum atomic E-state index is 9.37. The number of hydrogen-bond acceptors (Lipinski definition) is 2. The van der Waals surface area contributed by atoms with Gasteiger partial charge in [-0.05, 0) is 31.2 Å². The van der Waals surface area contributed by atoms with E-state index in [1.807, 2.05) is 13.0 Å². The van der Waals surface area contributed by atoms with Crippen LogP contribution >= 0.6 is 0 Å². The molecule has 17 heavy (non-hydrogen) atoms. The molecule has 3 rings (SSSR count). The standard InChI is InChI=1S/C14H13NO2/c1-9-2-3-11(15-9)6-10-8-17-14-7-12(16)4-5-13(10)14/h2-5,7-8,15-16H,6H2,1H3. The molecule has 0 unspecified atom stereocenters. The lowest BCUT2D eigenvalue weighted by molar-refractivity contribution is 0.474. The summed E-state index contributed by atoms with van der Waals surface area (Å²) in [7, 11) is 0. The normalized spacial score (nSPS) is 11.1. The van der Waals surface area contributed by atoms with Crippen molar-refractivity contribution in [2.24, 2.45) is 0 Å². The summed E-state index contributed by atoms with van der Waals surface area (Å²) in [5.74, 6) is 0.231. The van der Waals surface area contributed by atoms with Crippen molar-refractivity contribution in [1.29, 1.82) is 0 Å². The maximum Gasteiger partial charge on any atom is 0.137 e. The fourth-order valence-electron chi connectivity index (χ4n) is 2.08. The second-order valence-electron chi connectivity index (χ2n) is 4.28. The van der Waals surface area contributed by atoms with Gasteiger partial charge < -0.3 is 14.5 Å². The first kappa shape index (κ1) is 10.0. The predicted octanol–water partition coefficient (Wildman–Crippen LogP) is 3.37. The molecule has 3 heteroatoms. The topological polar surface area (TPSA) is 49.2 Å². The minimum Gasteiger partial charge on any atom is -0.508 e. The molecule has 0 atom stereocenters.